The lowest BCUT2D eigenvalue weighted by atomic mass is 10.1. The zero-order valence-electron chi connectivity index (χ0n) is 9.57. The normalized spacial score (nSPS) is 14.2. The summed E-state index contributed by atoms with van der Waals surface area (Å²) in [4.78, 5) is 0. The zero-order valence-corrected chi connectivity index (χ0v) is 10.4. The van der Waals surface area contributed by atoms with Crippen molar-refractivity contribution in [1.29, 1.82) is 0 Å². The highest BCUT2D eigenvalue weighted by Crippen LogP contribution is 2.32. The molecule has 1 heterocycles. The van der Waals surface area contributed by atoms with Crippen molar-refractivity contribution < 1.29 is 25.8 Å². The fraction of sp³-hybridized carbons (Fsp3) is 0.222. The number of H-pyrrole nitrogens is 1. The molecule has 0 saturated carbocycles. The molecule has 1 unspecified atom stereocenters. The van der Waals surface area contributed by atoms with Gasteiger partial charge in [-0.2, -0.15) is 21.6 Å². The molecule has 0 radical (unpaired) electrons. The summed E-state index contributed by atoms with van der Waals surface area (Å²) in [5.74, 6) is -0.260. The van der Waals surface area contributed by atoms with E-state index in [2.05, 4.69) is 24.8 Å². The van der Waals surface area contributed by atoms with Crippen molar-refractivity contribution >= 4 is 10.1 Å². The molecule has 20 heavy (non-hydrogen) atoms. The Kier molecular flexibility index (Phi) is 3.72. The number of benzene rings is 1. The maximum Gasteiger partial charge on any atom is 0.523 e. The minimum absolute atomic E-state index is 0.152. The van der Waals surface area contributed by atoms with E-state index in [0.717, 1.165) is 0 Å². The molecule has 11 heteroatoms. The number of aromatic amines is 1. The molecule has 0 amide bonds. The number of aromatic nitrogens is 4. The van der Waals surface area contributed by atoms with Gasteiger partial charge in [0, 0.05) is 0 Å². The van der Waals surface area contributed by atoms with E-state index in [-0.39, 0.29) is 11.4 Å². The molecule has 0 fully saturated rings. The lowest BCUT2D eigenvalue weighted by Crippen LogP contribution is -2.28. The van der Waals surface area contributed by atoms with Crippen LogP contribution in [-0.4, -0.2) is 34.6 Å². The van der Waals surface area contributed by atoms with Crippen LogP contribution < -0.4 is 0 Å². The van der Waals surface area contributed by atoms with Crippen LogP contribution in [-0.2, 0) is 14.3 Å². The van der Waals surface area contributed by atoms with Crippen molar-refractivity contribution in [3.63, 3.8) is 0 Å². The third kappa shape index (κ3) is 2.93. The van der Waals surface area contributed by atoms with Crippen LogP contribution >= 0.6 is 0 Å². The number of hydrogen-bond acceptors (Lipinski definition) is 6. The maximum atomic E-state index is 12.4. The van der Waals surface area contributed by atoms with Crippen molar-refractivity contribution in [2.45, 2.75) is 11.6 Å². The van der Waals surface area contributed by atoms with Gasteiger partial charge in [0.15, 0.2) is 11.9 Å². The number of tetrazole rings is 1. The highest BCUT2D eigenvalue weighted by molar-refractivity contribution is 7.87. The molecule has 0 bridgehead atoms. The molecular formula is C9H7F3N4O3S. The average Bonchev–Trinajstić information content (AvgIpc) is 2.89. The Hall–Kier alpha value is -2.01. The van der Waals surface area contributed by atoms with Crippen molar-refractivity contribution in [1.82, 2.24) is 20.6 Å². The smallest absolute Gasteiger partial charge is 0.247 e. The van der Waals surface area contributed by atoms with Gasteiger partial charge in [0.25, 0.3) is 0 Å². The number of nitrogens with one attached hydrogen (secondary N) is 1. The summed E-state index contributed by atoms with van der Waals surface area (Å²) in [7, 11) is -5.79. The van der Waals surface area contributed by atoms with Gasteiger partial charge in [-0.1, -0.05) is 30.3 Å². The molecule has 1 N–H and O–H groups in total. The molecule has 2 aromatic rings. The molecular weight excluding hydrogens is 301 g/mol. The first-order valence-corrected chi connectivity index (χ1v) is 6.50. The molecule has 2 rings (SSSR count). The number of rotatable bonds is 4. The lowest BCUT2D eigenvalue weighted by Gasteiger charge is -2.16. The van der Waals surface area contributed by atoms with Gasteiger partial charge >= 0.3 is 15.6 Å². The van der Waals surface area contributed by atoms with Crippen molar-refractivity contribution in [2.24, 2.45) is 0 Å². The highest BCUT2D eigenvalue weighted by atomic mass is 32.2. The van der Waals surface area contributed by atoms with E-state index in [9.17, 15) is 21.6 Å². The van der Waals surface area contributed by atoms with Crippen LogP contribution in [0.3, 0.4) is 0 Å². The van der Waals surface area contributed by atoms with Crippen LogP contribution in [0, 0.1) is 0 Å². The number of hydrogen-bond donors (Lipinski definition) is 1. The lowest BCUT2D eigenvalue weighted by molar-refractivity contribution is -0.0564. The van der Waals surface area contributed by atoms with Gasteiger partial charge in [-0.25, -0.2) is 9.28 Å². The van der Waals surface area contributed by atoms with Gasteiger partial charge in [-0.05, 0) is 16.0 Å². The highest BCUT2D eigenvalue weighted by Gasteiger charge is 2.49. The average molecular weight is 308 g/mol. The maximum absolute atomic E-state index is 12.4. The Morgan fingerprint density at radius 2 is 1.85 bits per heavy atom. The van der Waals surface area contributed by atoms with Crippen LogP contribution in [0.5, 0.6) is 0 Å². The largest absolute Gasteiger partial charge is 0.523 e. The molecule has 0 aliphatic rings. The molecule has 7 nitrogen and oxygen atoms in total. The van der Waals surface area contributed by atoms with Crippen LogP contribution in [0.25, 0.3) is 0 Å². The Bertz CT molecular complexity index is 658. The molecule has 1 atom stereocenters. The molecule has 0 spiro atoms. The summed E-state index contributed by atoms with van der Waals surface area (Å²) in [6, 6.07) is 7.40. The van der Waals surface area contributed by atoms with Gasteiger partial charge in [0.1, 0.15) is 0 Å². The minimum Gasteiger partial charge on any atom is -0.247 e. The second-order valence-electron chi connectivity index (χ2n) is 3.57. The number of alkyl halides is 3. The van der Waals surface area contributed by atoms with Crippen LogP contribution in [0.4, 0.5) is 13.2 Å². The first-order chi connectivity index (χ1) is 9.31. The van der Waals surface area contributed by atoms with Gasteiger partial charge in [0.2, 0.25) is 0 Å². The Morgan fingerprint density at radius 1 is 1.20 bits per heavy atom. The SMILES string of the molecule is O=S(=O)(OC(c1ccccc1)c1nnn[nH]1)C(F)(F)F. The van der Waals surface area contributed by atoms with E-state index in [1.165, 1.54) is 24.3 Å². The van der Waals surface area contributed by atoms with Gasteiger partial charge in [-0.3, -0.25) is 0 Å². The predicted octanol–water partition coefficient (Wildman–Crippen LogP) is 1.16. The zero-order chi connectivity index (χ0) is 14.8. The summed E-state index contributed by atoms with van der Waals surface area (Å²) in [5, 5.41) is 11.9. The summed E-state index contributed by atoms with van der Waals surface area (Å²) < 4.78 is 63.5. The van der Waals surface area contributed by atoms with Crippen LogP contribution in [0.2, 0.25) is 0 Å². The molecule has 0 aliphatic carbocycles. The van der Waals surface area contributed by atoms with Crippen molar-refractivity contribution in [2.75, 3.05) is 0 Å². The molecule has 1 aromatic heterocycles. The molecule has 0 aliphatic heterocycles. The quantitative estimate of drug-likeness (QED) is 0.672. The van der Waals surface area contributed by atoms with Gasteiger partial charge < -0.3 is 0 Å². The Morgan fingerprint density at radius 3 is 2.35 bits per heavy atom. The van der Waals surface area contributed by atoms with E-state index in [1.54, 1.807) is 6.07 Å². The fourth-order valence-corrected chi connectivity index (χ4v) is 1.91. The standard InChI is InChI=1S/C9H7F3N4O3S/c10-9(11,12)20(17,18)19-7(8-13-15-16-14-8)6-4-2-1-3-5-6/h1-5,7H,(H,13,14,15,16). The van der Waals surface area contributed by atoms with Crippen LogP contribution in [0.15, 0.2) is 30.3 Å². The molecule has 1 aromatic carbocycles. The number of nitrogens with zero attached hydrogens (tertiary/aromatic N) is 3. The van der Waals surface area contributed by atoms with E-state index in [4.69, 9.17) is 0 Å². The van der Waals surface area contributed by atoms with Gasteiger partial charge in [-0.15, -0.1) is 5.10 Å². The van der Waals surface area contributed by atoms with E-state index < -0.39 is 21.7 Å². The second kappa shape index (κ2) is 5.17. The Labute approximate surface area is 110 Å². The van der Waals surface area contributed by atoms with Gasteiger partial charge in [0.05, 0.1) is 0 Å². The Balaban J connectivity index is 2.40. The first kappa shape index (κ1) is 14.4. The number of halogens is 3. The molecule has 0 saturated heterocycles. The third-order valence-electron chi connectivity index (χ3n) is 2.22. The van der Waals surface area contributed by atoms with E-state index in [0.29, 0.717) is 0 Å². The van der Waals surface area contributed by atoms with Crippen molar-refractivity contribution in [3.05, 3.63) is 41.7 Å². The third-order valence-corrected chi connectivity index (χ3v) is 3.23. The van der Waals surface area contributed by atoms with E-state index in [1.807, 2.05) is 0 Å². The predicted molar refractivity (Wildman–Crippen MR) is 58.5 cm³/mol. The second-order valence-corrected chi connectivity index (χ2v) is 5.14. The molecule has 108 valence electrons. The first-order valence-electron chi connectivity index (χ1n) is 5.09. The summed E-state index contributed by atoms with van der Waals surface area (Å²) in [5.41, 5.74) is -5.38. The van der Waals surface area contributed by atoms with Crippen LogP contribution in [0.1, 0.15) is 17.5 Å². The minimum atomic E-state index is -5.79. The summed E-state index contributed by atoms with van der Waals surface area (Å²) in [6.45, 7) is 0. The van der Waals surface area contributed by atoms with E-state index >= 15 is 0 Å². The summed E-state index contributed by atoms with van der Waals surface area (Å²) >= 11 is 0. The monoisotopic (exact) mass is 308 g/mol. The fourth-order valence-electron chi connectivity index (χ4n) is 1.35. The summed E-state index contributed by atoms with van der Waals surface area (Å²) in [6.07, 6.45) is -1.61. The topological polar surface area (TPSA) is 97.8 Å². The van der Waals surface area contributed by atoms with Crippen molar-refractivity contribution in [3.8, 4) is 0 Å².